The van der Waals surface area contributed by atoms with Gasteiger partial charge in [0.2, 0.25) is 5.91 Å². The number of hydrogen-bond donors (Lipinski definition) is 3. The van der Waals surface area contributed by atoms with Crippen LogP contribution < -0.4 is 11.1 Å². The average molecular weight is 236 g/mol. The van der Waals surface area contributed by atoms with Gasteiger partial charge in [0.1, 0.15) is 0 Å². The van der Waals surface area contributed by atoms with Gasteiger partial charge in [-0.15, -0.1) is 0 Å². The van der Waals surface area contributed by atoms with E-state index < -0.39 is 12.0 Å². The van der Waals surface area contributed by atoms with Gasteiger partial charge >= 0.3 is 5.97 Å². The molecule has 0 saturated carbocycles. The Morgan fingerprint density at radius 2 is 2.06 bits per heavy atom. The minimum atomic E-state index is -0.922. The molecular weight excluding hydrogens is 220 g/mol. The molecule has 17 heavy (non-hydrogen) atoms. The highest BCUT2D eigenvalue weighted by atomic mass is 16.4. The van der Waals surface area contributed by atoms with Crippen LogP contribution in [-0.2, 0) is 16.0 Å². The van der Waals surface area contributed by atoms with Gasteiger partial charge < -0.3 is 16.2 Å². The van der Waals surface area contributed by atoms with Gasteiger partial charge in [0.05, 0.1) is 6.42 Å². The zero-order valence-corrected chi connectivity index (χ0v) is 9.64. The molecule has 5 heteroatoms. The van der Waals surface area contributed by atoms with Crippen molar-refractivity contribution in [3.63, 3.8) is 0 Å². The first kappa shape index (κ1) is 13.2. The van der Waals surface area contributed by atoms with Crippen LogP contribution in [0.3, 0.4) is 0 Å². The number of carbonyl (C=O) groups is 2. The summed E-state index contributed by atoms with van der Waals surface area (Å²) < 4.78 is 0. The predicted molar refractivity (Wildman–Crippen MR) is 64.7 cm³/mol. The lowest BCUT2D eigenvalue weighted by molar-refractivity contribution is -0.137. The van der Waals surface area contributed by atoms with Crippen LogP contribution in [0.5, 0.6) is 0 Å². The lowest BCUT2D eigenvalue weighted by atomic mass is 10.0. The number of carbonyl (C=O) groups excluding carboxylic acids is 1. The van der Waals surface area contributed by atoms with Crippen molar-refractivity contribution in [3.05, 3.63) is 29.8 Å². The maximum atomic E-state index is 11.0. The van der Waals surface area contributed by atoms with Crippen LogP contribution in [0.2, 0.25) is 0 Å². The van der Waals surface area contributed by atoms with Crippen molar-refractivity contribution in [1.29, 1.82) is 0 Å². The van der Waals surface area contributed by atoms with E-state index in [1.165, 1.54) is 6.92 Å². The molecule has 1 atom stereocenters. The number of para-hydroxylation sites is 1. The summed E-state index contributed by atoms with van der Waals surface area (Å²) in [4.78, 5) is 21.5. The second-order valence-corrected chi connectivity index (χ2v) is 3.90. The third kappa shape index (κ3) is 4.65. The Hall–Kier alpha value is -1.88. The highest BCUT2D eigenvalue weighted by Gasteiger charge is 2.11. The van der Waals surface area contributed by atoms with Crippen molar-refractivity contribution in [3.8, 4) is 0 Å². The largest absolute Gasteiger partial charge is 0.481 e. The predicted octanol–water partition coefficient (Wildman–Crippen LogP) is 0.990. The molecule has 0 radical (unpaired) electrons. The second-order valence-electron chi connectivity index (χ2n) is 3.90. The highest BCUT2D eigenvalue weighted by molar-refractivity contribution is 5.89. The molecule has 1 amide bonds. The molecule has 0 bridgehead atoms. The molecule has 0 spiro atoms. The van der Waals surface area contributed by atoms with Crippen molar-refractivity contribution < 1.29 is 14.7 Å². The summed E-state index contributed by atoms with van der Waals surface area (Å²) in [5.41, 5.74) is 7.24. The van der Waals surface area contributed by atoms with Gasteiger partial charge in [0, 0.05) is 18.7 Å². The van der Waals surface area contributed by atoms with Gasteiger partial charge in [0.15, 0.2) is 0 Å². The van der Waals surface area contributed by atoms with Gasteiger partial charge in [-0.1, -0.05) is 18.2 Å². The minimum Gasteiger partial charge on any atom is -0.481 e. The van der Waals surface area contributed by atoms with Gasteiger partial charge in [-0.3, -0.25) is 9.59 Å². The number of anilines is 1. The molecule has 1 rings (SSSR count). The maximum absolute atomic E-state index is 11.0. The van der Waals surface area contributed by atoms with E-state index in [1.807, 2.05) is 12.1 Å². The molecule has 1 aromatic carbocycles. The number of carboxylic acid groups (broad SMARTS) is 1. The molecule has 0 fully saturated rings. The van der Waals surface area contributed by atoms with Crippen molar-refractivity contribution >= 4 is 17.6 Å². The van der Waals surface area contributed by atoms with Crippen LogP contribution in [-0.4, -0.2) is 23.0 Å². The molecule has 4 N–H and O–H groups in total. The molecule has 0 aliphatic heterocycles. The van der Waals surface area contributed by atoms with E-state index in [-0.39, 0.29) is 12.3 Å². The lowest BCUT2D eigenvalue weighted by Gasteiger charge is -2.13. The van der Waals surface area contributed by atoms with Crippen LogP contribution in [0.4, 0.5) is 5.69 Å². The number of benzene rings is 1. The van der Waals surface area contributed by atoms with E-state index >= 15 is 0 Å². The van der Waals surface area contributed by atoms with E-state index in [0.29, 0.717) is 12.1 Å². The fraction of sp³-hybridized carbons (Fsp3) is 0.333. The molecule has 5 nitrogen and oxygen atoms in total. The number of hydrogen-bond acceptors (Lipinski definition) is 3. The van der Waals surface area contributed by atoms with Gasteiger partial charge in [-0.2, -0.15) is 0 Å². The van der Waals surface area contributed by atoms with E-state index in [0.717, 1.165) is 5.56 Å². The Morgan fingerprint density at radius 1 is 1.41 bits per heavy atom. The van der Waals surface area contributed by atoms with Gasteiger partial charge in [0.25, 0.3) is 0 Å². The number of rotatable bonds is 5. The first-order chi connectivity index (χ1) is 7.99. The molecular formula is C12H16N2O3. The average Bonchev–Trinajstić information content (AvgIpc) is 2.18. The fourth-order valence-electron chi connectivity index (χ4n) is 1.59. The van der Waals surface area contributed by atoms with Crippen molar-refractivity contribution in [2.24, 2.45) is 5.73 Å². The smallest absolute Gasteiger partial charge is 0.304 e. The first-order valence-electron chi connectivity index (χ1n) is 5.32. The minimum absolute atomic E-state index is 0.0889. The monoisotopic (exact) mass is 236 g/mol. The number of carboxylic acids is 1. The SMILES string of the molecule is CC(=O)Nc1ccccc1C[C@@H](N)CC(=O)O. The summed E-state index contributed by atoms with van der Waals surface area (Å²) >= 11 is 0. The van der Waals surface area contributed by atoms with Crippen LogP contribution in [0.25, 0.3) is 0 Å². The molecule has 1 aromatic rings. The summed E-state index contributed by atoms with van der Waals surface area (Å²) in [6.07, 6.45) is 0.331. The zero-order valence-electron chi connectivity index (χ0n) is 9.64. The van der Waals surface area contributed by atoms with E-state index in [1.54, 1.807) is 12.1 Å². The third-order valence-electron chi connectivity index (χ3n) is 2.25. The molecule has 0 aliphatic carbocycles. The topological polar surface area (TPSA) is 92.4 Å². The van der Waals surface area contributed by atoms with Crippen LogP contribution in [0, 0.1) is 0 Å². The summed E-state index contributed by atoms with van der Waals surface area (Å²) in [5, 5.41) is 11.3. The normalized spacial score (nSPS) is 11.9. The van der Waals surface area contributed by atoms with E-state index in [4.69, 9.17) is 10.8 Å². The quantitative estimate of drug-likeness (QED) is 0.710. The summed E-state index contributed by atoms with van der Waals surface area (Å²) in [6, 6.07) is 6.77. The Kier molecular flexibility index (Phi) is 4.66. The Morgan fingerprint density at radius 3 is 2.65 bits per heavy atom. The number of nitrogens with two attached hydrogens (primary N) is 1. The third-order valence-corrected chi connectivity index (χ3v) is 2.25. The Bertz CT molecular complexity index is 418. The summed E-state index contributed by atoms with van der Waals surface area (Å²) in [6.45, 7) is 1.42. The highest BCUT2D eigenvalue weighted by Crippen LogP contribution is 2.17. The standard InChI is InChI=1S/C12H16N2O3/c1-8(15)14-11-5-3-2-4-9(11)6-10(13)7-12(16)17/h2-5,10H,6-7,13H2,1H3,(H,14,15)(H,16,17)/t10-/m1/s1. The number of amides is 1. The molecule has 0 unspecified atom stereocenters. The van der Waals surface area contributed by atoms with Crippen molar-refractivity contribution in [2.75, 3.05) is 5.32 Å². The molecule has 0 aliphatic rings. The van der Waals surface area contributed by atoms with E-state index in [2.05, 4.69) is 5.32 Å². The Labute approximate surface area is 99.6 Å². The van der Waals surface area contributed by atoms with Crippen molar-refractivity contribution in [1.82, 2.24) is 0 Å². The molecule has 0 aromatic heterocycles. The molecule has 92 valence electrons. The van der Waals surface area contributed by atoms with Gasteiger partial charge in [-0.25, -0.2) is 0 Å². The van der Waals surface area contributed by atoms with Crippen LogP contribution in [0.15, 0.2) is 24.3 Å². The molecule has 0 saturated heterocycles. The second kappa shape index (κ2) is 6.00. The summed E-state index contributed by atoms with van der Waals surface area (Å²) in [5.74, 6) is -1.08. The van der Waals surface area contributed by atoms with Crippen LogP contribution in [0.1, 0.15) is 18.9 Å². The Balaban J connectivity index is 2.75. The fourth-order valence-corrected chi connectivity index (χ4v) is 1.59. The maximum Gasteiger partial charge on any atom is 0.304 e. The van der Waals surface area contributed by atoms with Crippen LogP contribution >= 0.6 is 0 Å². The summed E-state index contributed by atoms with van der Waals surface area (Å²) in [7, 11) is 0. The first-order valence-corrected chi connectivity index (χ1v) is 5.32. The molecule has 0 heterocycles. The van der Waals surface area contributed by atoms with E-state index in [9.17, 15) is 9.59 Å². The van der Waals surface area contributed by atoms with Crippen molar-refractivity contribution in [2.45, 2.75) is 25.8 Å². The lowest BCUT2D eigenvalue weighted by Crippen LogP contribution is -2.26. The van der Waals surface area contributed by atoms with Gasteiger partial charge in [-0.05, 0) is 18.1 Å². The number of aliphatic carboxylic acids is 1. The zero-order chi connectivity index (χ0) is 12.8. The number of nitrogens with one attached hydrogen (secondary N) is 1.